The standard InChI is InChI=1S/C19H26N4O.ClH/c20-12-18(16-7-3-1-4-8-16)22-19(24)11-15-13-21-23(14-15)17-9-5-2-6-10-17;/h2,5-6,9-10,13-14,16,18H,1,3-4,7-8,11-12,20H2,(H,22,24);1H. The van der Waals surface area contributed by atoms with Crippen molar-refractivity contribution < 1.29 is 4.79 Å². The van der Waals surface area contributed by atoms with Crippen LogP contribution in [0.4, 0.5) is 0 Å². The summed E-state index contributed by atoms with van der Waals surface area (Å²) in [5, 5.41) is 7.47. The summed E-state index contributed by atoms with van der Waals surface area (Å²) in [6.07, 6.45) is 10.2. The summed E-state index contributed by atoms with van der Waals surface area (Å²) in [5.74, 6) is 0.559. The summed E-state index contributed by atoms with van der Waals surface area (Å²) >= 11 is 0. The van der Waals surface area contributed by atoms with Crippen LogP contribution < -0.4 is 11.1 Å². The Morgan fingerprint density at radius 1 is 1.24 bits per heavy atom. The van der Waals surface area contributed by atoms with Gasteiger partial charge >= 0.3 is 0 Å². The molecule has 136 valence electrons. The van der Waals surface area contributed by atoms with Crippen LogP contribution in [0.25, 0.3) is 5.69 Å². The molecule has 6 heteroatoms. The molecule has 1 aromatic carbocycles. The quantitative estimate of drug-likeness (QED) is 0.829. The first-order valence-corrected chi connectivity index (χ1v) is 8.84. The average molecular weight is 363 g/mol. The van der Waals surface area contributed by atoms with E-state index in [1.165, 1.54) is 32.1 Å². The number of nitrogens with two attached hydrogens (primary N) is 1. The summed E-state index contributed by atoms with van der Waals surface area (Å²) in [6, 6.07) is 10.00. The Balaban J connectivity index is 0.00000225. The third-order valence-electron chi connectivity index (χ3n) is 4.84. The van der Waals surface area contributed by atoms with Gasteiger partial charge in [-0.05, 0) is 36.5 Å². The summed E-state index contributed by atoms with van der Waals surface area (Å²) in [5.41, 5.74) is 7.80. The molecule has 1 aromatic heterocycles. The maximum atomic E-state index is 12.4. The number of benzene rings is 1. The molecule has 3 rings (SSSR count). The van der Waals surface area contributed by atoms with Gasteiger partial charge < -0.3 is 11.1 Å². The Morgan fingerprint density at radius 3 is 2.64 bits per heavy atom. The molecule has 0 spiro atoms. The summed E-state index contributed by atoms with van der Waals surface area (Å²) in [7, 11) is 0. The van der Waals surface area contributed by atoms with E-state index in [1.807, 2.05) is 36.5 Å². The van der Waals surface area contributed by atoms with Crippen molar-refractivity contribution >= 4 is 18.3 Å². The van der Waals surface area contributed by atoms with Crippen molar-refractivity contribution in [1.29, 1.82) is 0 Å². The summed E-state index contributed by atoms with van der Waals surface area (Å²) < 4.78 is 1.80. The number of hydrogen-bond donors (Lipinski definition) is 2. The van der Waals surface area contributed by atoms with E-state index in [4.69, 9.17) is 5.73 Å². The van der Waals surface area contributed by atoms with Gasteiger partial charge in [0.1, 0.15) is 0 Å². The Hall–Kier alpha value is -1.85. The van der Waals surface area contributed by atoms with Gasteiger partial charge in [0.25, 0.3) is 0 Å². The predicted molar refractivity (Wildman–Crippen MR) is 102 cm³/mol. The zero-order valence-corrected chi connectivity index (χ0v) is 15.3. The van der Waals surface area contributed by atoms with Gasteiger partial charge in [0.05, 0.1) is 18.3 Å². The molecule has 0 aliphatic heterocycles. The fraction of sp³-hybridized carbons (Fsp3) is 0.474. The number of aromatic nitrogens is 2. The molecule has 0 bridgehead atoms. The van der Waals surface area contributed by atoms with Gasteiger partial charge in [-0.2, -0.15) is 5.10 Å². The summed E-state index contributed by atoms with van der Waals surface area (Å²) in [6.45, 7) is 0.514. The molecule has 5 nitrogen and oxygen atoms in total. The molecule has 3 N–H and O–H groups in total. The first kappa shape index (κ1) is 19.5. The second-order valence-electron chi connectivity index (χ2n) is 6.61. The van der Waals surface area contributed by atoms with E-state index in [2.05, 4.69) is 10.4 Å². The Morgan fingerprint density at radius 2 is 1.96 bits per heavy atom. The molecule has 1 saturated carbocycles. The van der Waals surface area contributed by atoms with Crippen LogP contribution in [-0.4, -0.2) is 28.3 Å². The second-order valence-corrected chi connectivity index (χ2v) is 6.61. The molecule has 0 saturated heterocycles. The third kappa shape index (κ3) is 5.31. The SMILES string of the molecule is Cl.NCC(NC(=O)Cc1cnn(-c2ccccc2)c1)C1CCCCC1. The fourth-order valence-electron chi connectivity index (χ4n) is 3.52. The van der Waals surface area contributed by atoms with Gasteiger partial charge in [-0.3, -0.25) is 4.79 Å². The van der Waals surface area contributed by atoms with Gasteiger partial charge in [-0.15, -0.1) is 12.4 Å². The van der Waals surface area contributed by atoms with Crippen molar-refractivity contribution in [2.24, 2.45) is 11.7 Å². The van der Waals surface area contributed by atoms with Gasteiger partial charge in [-0.1, -0.05) is 37.5 Å². The van der Waals surface area contributed by atoms with Crippen molar-refractivity contribution in [1.82, 2.24) is 15.1 Å². The van der Waals surface area contributed by atoms with Crippen LogP contribution >= 0.6 is 12.4 Å². The van der Waals surface area contributed by atoms with E-state index in [1.54, 1.807) is 10.9 Å². The number of carbonyl (C=O) groups excluding carboxylic acids is 1. The largest absolute Gasteiger partial charge is 0.352 e. The van der Waals surface area contributed by atoms with E-state index in [0.29, 0.717) is 18.9 Å². The minimum Gasteiger partial charge on any atom is -0.352 e. The number of halogens is 1. The highest BCUT2D eigenvalue weighted by molar-refractivity contribution is 5.85. The lowest BCUT2D eigenvalue weighted by atomic mass is 9.84. The third-order valence-corrected chi connectivity index (χ3v) is 4.84. The second kappa shape index (κ2) is 9.59. The molecule has 1 atom stereocenters. The molecule has 1 aliphatic carbocycles. The molecule has 2 aromatic rings. The lowest BCUT2D eigenvalue weighted by Gasteiger charge is -2.30. The van der Waals surface area contributed by atoms with Crippen LogP contribution in [0.1, 0.15) is 37.7 Å². The Bertz CT molecular complexity index is 652. The number of nitrogens with zero attached hydrogens (tertiary/aromatic N) is 2. The molecule has 0 radical (unpaired) electrons. The van der Waals surface area contributed by atoms with Gasteiger partial charge in [-0.25, -0.2) is 4.68 Å². The highest BCUT2D eigenvalue weighted by Crippen LogP contribution is 2.26. The molecule has 1 aliphatic rings. The van der Waals surface area contributed by atoms with E-state index < -0.39 is 0 Å². The van der Waals surface area contributed by atoms with E-state index in [0.717, 1.165) is 11.3 Å². The van der Waals surface area contributed by atoms with Crippen LogP contribution in [0, 0.1) is 5.92 Å². The Kier molecular flexibility index (Phi) is 7.47. The zero-order valence-electron chi connectivity index (χ0n) is 14.4. The minimum atomic E-state index is 0. The number of amides is 1. The minimum absolute atomic E-state index is 0. The lowest BCUT2D eigenvalue weighted by Crippen LogP contribution is -2.46. The fourth-order valence-corrected chi connectivity index (χ4v) is 3.52. The maximum Gasteiger partial charge on any atom is 0.224 e. The molecule has 1 unspecified atom stereocenters. The van der Waals surface area contributed by atoms with Gasteiger partial charge in [0.15, 0.2) is 0 Å². The molecule has 25 heavy (non-hydrogen) atoms. The van der Waals surface area contributed by atoms with E-state index >= 15 is 0 Å². The Labute approximate surface area is 155 Å². The molecule has 1 heterocycles. The van der Waals surface area contributed by atoms with Crippen molar-refractivity contribution in [2.45, 2.75) is 44.6 Å². The first-order chi connectivity index (χ1) is 11.8. The first-order valence-electron chi connectivity index (χ1n) is 8.84. The van der Waals surface area contributed by atoms with Crippen LogP contribution in [0.15, 0.2) is 42.7 Å². The number of nitrogens with one attached hydrogen (secondary N) is 1. The molecule has 1 amide bonds. The number of hydrogen-bond acceptors (Lipinski definition) is 3. The van der Waals surface area contributed by atoms with E-state index in [9.17, 15) is 4.79 Å². The molecular formula is C19H27ClN4O. The highest BCUT2D eigenvalue weighted by Gasteiger charge is 2.24. The smallest absolute Gasteiger partial charge is 0.224 e. The average Bonchev–Trinajstić information content (AvgIpc) is 3.09. The normalized spacial score (nSPS) is 16.0. The van der Waals surface area contributed by atoms with E-state index in [-0.39, 0.29) is 24.4 Å². The number of carbonyl (C=O) groups is 1. The number of rotatable bonds is 6. The molecular weight excluding hydrogens is 336 g/mol. The van der Waals surface area contributed by atoms with Crippen LogP contribution in [-0.2, 0) is 11.2 Å². The monoisotopic (exact) mass is 362 g/mol. The van der Waals surface area contributed by atoms with Gasteiger partial charge in [0, 0.05) is 18.8 Å². The van der Waals surface area contributed by atoms with Crippen molar-refractivity contribution in [3.05, 3.63) is 48.3 Å². The number of para-hydroxylation sites is 1. The van der Waals surface area contributed by atoms with Crippen LogP contribution in [0.3, 0.4) is 0 Å². The topological polar surface area (TPSA) is 72.9 Å². The summed E-state index contributed by atoms with van der Waals surface area (Å²) in [4.78, 5) is 12.4. The lowest BCUT2D eigenvalue weighted by molar-refractivity contribution is -0.121. The van der Waals surface area contributed by atoms with Crippen molar-refractivity contribution in [3.8, 4) is 5.69 Å². The van der Waals surface area contributed by atoms with Crippen molar-refractivity contribution in [3.63, 3.8) is 0 Å². The maximum absolute atomic E-state index is 12.4. The van der Waals surface area contributed by atoms with Crippen molar-refractivity contribution in [2.75, 3.05) is 6.54 Å². The highest BCUT2D eigenvalue weighted by atomic mass is 35.5. The van der Waals surface area contributed by atoms with Crippen LogP contribution in [0.5, 0.6) is 0 Å². The predicted octanol–water partition coefficient (Wildman–Crippen LogP) is 2.86. The zero-order chi connectivity index (χ0) is 16.8. The van der Waals surface area contributed by atoms with Gasteiger partial charge in [0.2, 0.25) is 5.91 Å². The molecule has 1 fully saturated rings. The van der Waals surface area contributed by atoms with Crippen LogP contribution in [0.2, 0.25) is 0 Å².